The number of aromatic nitrogens is 1. The average Bonchev–Trinajstić information content (AvgIpc) is 2.49. The number of hydrogen-bond acceptors (Lipinski definition) is 3. The molecule has 0 spiro atoms. The van der Waals surface area contributed by atoms with E-state index >= 15 is 0 Å². The number of carbonyl (C=O) groups is 1. The molecule has 0 saturated carbocycles. The molecular weight excluding hydrogens is 309 g/mol. The lowest BCUT2D eigenvalue weighted by Crippen LogP contribution is -2.12. The topological polar surface area (TPSA) is 54.0 Å². The molecule has 2 N–H and O–H groups in total. The third-order valence-corrected chi connectivity index (χ3v) is 3.50. The molecule has 1 aromatic heterocycles. The van der Waals surface area contributed by atoms with Crippen LogP contribution in [0.3, 0.4) is 0 Å². The van der Waals surface area contributed by atoms with Crippen molar-refractivity contribution in [3.8, 4) is 0 Å². The number of carbonyl (C=O) groups excluding carboxylic acids is 1. The highest BCUT2D eigenvalue weighted by molar-refractivity contribution is 6.42. The summed E-state index contributed by atoms with van der Waals surface area (Å²) in [5.74, 6) is 0.522. The zero-order valence-electron chi connectivity index (χ0n) is 11.5. The first kappa shape index (κ1) is 15.6. The molecule has 0 bridgehead atoms. The monoisotopic (exact) mass is 323 g/mol. The number of rotatable bonds is 5. The molecule has 1 aromatic carbocycles. The number of anilines is 2. The molecule has 2 rings (SSSR count). The van der Waals surface area contributed by atoms with Crippen LogP contribution in [0.1, 0.15) is 23.7 Å². The van der Waals surface area contributed by atoms with Crippen molar-refractivity contribution in [2.45, 2.75) is 13.3 Å². The van der Waals surface area contributed by atoms with Gasteiger partial charge in [-0.15, -0.1) is 0 Å². The lowest BCUT2D eigenvalue weighted by atomic mass is 10.2. The van der Waals surface area contributed by atoms with E-state index < -0.39 is 0 Å². The van der Waals surface area contributed by atoms with Crippen LogP contribution in [0, 0.1) is 0 Å². The number of nitrogens with one attached hydrogen (secondary N) is 2. The van der Waals surface area contributed by atoms with E-state index in [0.717, 1.165) is 18.8 Å². The Morgan fingerprint density at radius 1 is 1.19 bits per heavy atom. The first-order valence-electron chi connectivity index (χ1n) is 6.56. The number of halogens is 2. The maximum atomic E-state index is 12.1. The van der Waals surface area contributed by atoms with Crippen molar-refractivity contribution in [1.29, 1.82) is 0 Å². The molecule has 1 heterocycles. The van der Waals surface area contributed by atoms with Crippen LogP contribution in [0.4, 0.5) is 11.5 Å². The van der Waals surface area contributed by atoms with Gasteiger partial charge in [-0.25, -0.2) is 4.98 Å². The minimum atomic E-state index is -0.260. The van der Waals surface area contributed by atoms with Gasteiger partial charge in [0.1, 0.15) is 5.82 Å². The van der Waals surface area contributed by atoms with Crippen LogP contribution in [0.5, 0.6) is 0 Å². The Labute approximate surface area is 133 Å². The molecule has 21 heavy (non-hydrogen) atoms. The molecule has 0 fully saturated rings. The van der Waals surface area contributed by atoms with E-state index in [1.54, 1.807) is 24.4 Å². The van der Waals surface area contributed by atoms with Gasteiger partial charge in [-0.3, -0.25) is 4.79 Å². The van der Waals surface area contributed by atoms with Gasteiger partial charge in [-0.2, -0.15) is 0 Å². The van der Waals surface area contributed by atoms with Crippen LogP contribution in [0.25, 0.3) is 0 Å². The van der Waals surface area contributed by atoms with Crippen LogP contribution in [0.2, 0.25) is 10.0 Å². The van der Waals surface area contributed by atoms with Crippen LogP contribution in [-0.4, -0.2) is 17.4 Å². The number of amides is 1. The van der Waals surface area contributed by atoms with Crippen molar-refractivity contribution in [3.63, 3.8) is 0 Å². The molecule has 0 aliphatic carbocycles. The van der Waals surface area contributed by atoms with Gasteiger partial charge in [-0.05, 0) is 36.8 Å². The normalized spacial score (nSPS) is 10.2. The fourth-order valence-corrected chi connectivity index (χ4v) is 1.96. The van der Waals surface area contributed by atoms with Crippen molar-refractivity contribution in [1.82, 2.24) is 4.98 Å². The fraction of sp³-hybridized carbons (Fsp3) is 0.200. The van der Waals surface area contributed by atoms with Gasteiger partial charge in [0.05, 0.1) is 21.9 Å². The zero-order valence-corrected chi connectivity index (χ0v) is 13.0. The van der Waals surface area contributed by atoms with Crippen molar-refractivity contribution >= 4 is 40.6 Å². The maximum absolute atomic E-state index is 12.1. The summed E-state index contributed by atoms with van der Waals surface area (Å²) in [5.41, 5.74) is 1.06. The second-order valence-corrected chi connectivity index (χ2v) is 5.26. The quantitative estimate of drug-likeness (QED) is 0.853. The van der Waals surface area contributed by atoms with E-state index in [0.29, 0.717) is 21.3 Å². The first-order valence-corrected chi connectivity index (χ1v) is 7.32. The van der Waals surface area contributed by atoms with Crippen LogP contribution >= 0.6 is 23.2 Å². The van der Waals surface area contributed by atoms with E-state index in [9.17, 15) is 4.79 Å². The van der Waals surface area contributed by atoms with Crippen molar-refractivity contribution in [2.24, 2.45) is 0 Å². The molecule has 0 aliphatic rings. The summed E-state index contributed by atoms with van der Waals surface area (Å²) in [5, 5.41) is 6.69. The molecule has 110 valence electrons. The average molecular weight is 324 g/mol. The Morgan fingerprint density at radius 2 is 2.00 bits per heavy atom. The Balaban J connectivity index is 2.03. The van der Waals surface area contributed by atoms with Gasteiger partial charge in [0.15, 0.2) is 0 Å². The highest BCUT2D eigenvalue weighted by atomic mass is 35.5. The SMILES string of the molecule is CCCNc1ccc(NC(=O)c2ccc(Cl)c(Cl)c2)cn1. The van der Waals surface area contributed by atoms with E-state index in [4.69, 9.17) is 23.2 Å². The Bertz CT molecular complexity index is 629. The molecule has 0 aliphatic heterocycles. The lowest BCUT2D eigenvalue weighted by Gasteiger charge is -2.07. The number of benzene rings is 1. The van der Waals surface area contributed by atoms with Crippen molar-refractivity contribution in [3.05, 3.63) is 52.1 Å². The van der Waals surface area contributed by atoms with E-state index in [1.165, 1.54) is 6.07 Å². The summed E-state index contributed by atoms with van der Waals surface area (Å²) in [6.45, 7) is 2.95. The maximum Gasteiger partial charge on any atom is 0.255 e. The summed E-state index contributed by atoms with van der Waals surface area (Å²) in [7, 11) is 0. The van der Waals surface area contributed by atoms with Gasteiger partial charge < -0.3 is 10.6 Å². The van der Waals surface area contributed by atoms with Crippen LogP contribution < -0.4 is 10.6 Å². The third kappa shape index (κ3) is 4.34. The Kier molecular flexibility index (Phi) is 5.42. The smallest absolute Gasteiger partial charge is 0.255 e. The standard InChI is InChI=1S/C15H15Cl2N3O/c1-2-7-18-14-6-4-11(9-19-14)20-15(21)10-3-5-12(16)13(17)8-10/h3-6,8-9H,2,7H2,1H3,(H,18,19)(H,20,21). The van der Waals surface area contributed by atoms with Crippen molar-refractivity contribution < 1.29 is 4.79 Å². The van der Waals surface area contributed by atoms with E-state index in [-0.39, 0.29) is 5.91 Å². The lowest BCUT2D eigenvalue weighted by molar-refractivity contribution is 0.102. The predicted octanol–water partition coefficient (Wildman–Crippen LogP) is 4.46. The molecule has 2 aromatic rings. The second kappa shape index (κ2) is 7.29. The van der Waals surface area contributed by atoms with Gasteiger partial charge in [0.25, 0.3) is 5.91 Å². The second-order valence-electron chi connectivity index (χ2n) is 4.44. The third-order valence-electron chi connectivity index (χ3n) is 2.76. The molecule has 6 heteroatoms. The minimum Gasteiger partial charge on any atom is -0.370 e. The molecular formula is C15H15Cl2N3O. The Morgan fingerprint density at radius 3 is 2.62 bits per heavy atom. The molecule has 1 amide bonds. The summed E-state index contributed by atoms with van der Waals surface area (Å²) in [4.78, 5) is 16.3. The van der Waals surface area contributed by atoms with E-state index in [2.05, 4.69) is 22.5 Å². The van der Waals surface area contributed by atoms with Crippen molar-refractivity contribution in [2.75, 3.05) is 17.2 Å². The predicted molar refractivity (Wildman–Crippen MR) is 87.4 cm³/mol. The molecule has 0 unspecified atom stereocenters. The molecule has 0 atom stereocenters. The van der Waals surface area contributed by atoms with Gasteiger partial charge in [0.2, 0.25) is 0 Å². The first-order chi connectivity index (χ1) is 10.1. The molecule has 0 radical (unpaired) electrons. The zero-order chi connectivity index (χ0) is 15.2. The summed E-state index contributed by atoms with van der Waals surface area (Å²) < 4.78 is 0. The highest BCUT2D eigenvalue weighted by Gasteiger charge is 2.08. The molecule has 4 nitrogen and oxygen atoms in total. The largest absolute Gasteiger partial charge is 0.370 e. The van der Waals surface area contributed by atoms with Gasteiger partial charge in [-0.1, -0.05) is 30.1 Å². The Hall–Kier alpha value is -1.78. The molecule has 0 saturated heterocycles. The minimum absolute atomic E-state index is 0.260. The van der Waals surface area contributed by atoms with Gasteiger partial charge >= 0.3 is 0 Å². The number of pyridine rings is 1. The highest BCUT2D eigenvalue weighted by Crippen LogP contribution is 2.23. The summed E-state index contributed by atoms with van der Waals surface area (Å²) >= 11 is 11.7. The van der Waals surface area contributed by atoms with Crippen LogP contribution in [0.15, 0.2) is 36.5 Å². The fourth-order valence-electron chi connectivity index (χ4n) is 1.67. The summed E-state index contributed by atoms with van der Waals surface area (Å²) in [6.07, 6.45) is 2.63. The van der Waals surface area contributed by atoms with Crippen LogP contribution in [-0.2, 0) is 0 Å². The number of nitrogens with zero attached hydrogens (tertiary/aromatic N) is 1. The van der Waals surface area contributed by atoms with Gasteiger partial charge in [0, 0.05) is 12.1 Å². The summed E-state index contributed by atoms with van der Waals surface area (Å²) in [6, 6.07) is 8.35. The number of hydrogen-bond donors (Lipinski definition) is 2. The van der Waals surface area contributed by atoms with E-state index in [1.807, 2.05) is 6.07 Å².